The molecular formula is C9H10S. The second-order valence-corrected chi connectivity index (χ2v) is 4.26. The van der Waals surface area contributed by atoms with Gasteiger partial charge in [0.2, 0.25) is 0 Å². The van der Waals surface area contributed by atoms with Crippen LogP contribution in [0, 0.1) is 0 Å². The van der Waals surface area contributed by atoms with Gasteiger partial charge in [-0.3, -0.25) is 0 Å². The van der Waals surface area contributed by atoms with E-state index in [0.717, 1.165) is 0 Å². The third-order valence-corrected chi connectivity index (χ3v) is 2.87. The van der Waals surface area contributed by atoms with Crippen molar-refractivity contribution in [3.63, 3.8) is 0 Å². The second kappa shape index (κ2) is 2.03. The fraction of sp³-hybridized carbons (Fsp3) is 0.333. The van der Waals surface area contributed by atoms with E-state index in [-0.39, 0.29) is 0 Å². The highest BCUT2D eigenvalue weighted by Gasteiger charge is 2.19. The first-order valence-corrected chi connectivity index (χ1v) is 4.42. The molecule has 0 aromatic carbocycles. The van der Waals surface area contributed by atoms with E-state index in [1.165, 1.54) is 16.1 Å². The van der Waals surface area contributed by atoms with Gasteiger partial charge in [0.1, 0.15) is 0 Å². The Hall–Kier alpha value is -0.430. The standard InChI is InChI=1S/C9H10S/c1-6-3-8-5-7(2)10-9(8)4-6/h3-5,7H,1-2H3. The summed E-state index contributed by atoms with van der Waals surface area (Å²) in [6.45, 7) is 4.39. The minimum atomic E-state index is 0.686. The first-order valence-electron chi connectivity index (χ1n) is 3.54. The SMILES string of the molecule is CC1=CC2=CC(C)SC2=C1. The Morgan fingerprint density at radius 1 is 1.40 bits per heavy atom. The molecule has 1 atom stereocenters. The average molecular weight is 150 g/mol. The Morgan fingerprint density at radius 2 is 2.20 bits per heavy atom. The van der Waals surface area contributed by atoms with Gasteiger partial charge < -0.3 is 0 Å². The van der Waals surface area contributed by atoms with Crippen molar-refractivity contribution in [2.75, 3.05) is 0 Å². The molecule has 0 radical (unpaired) electrons. The van der Waals surface area contributed by atoms with Crippen LogP contribution in [0.25, 0.3) is 0 Å². The van der Waals surface area contributed by atoms with Crippen LogP contribution >= 0.6 is 11.8 Å². The zero-order valence-corrected chi connectivity index (χ0v) is 7.03. The summed E-state index contributed by atoms with van der Waals surface area (Å²) >= 11 is 1.96. The van der Waals surface area contributed by atoms with Crippen molar-refractivity contribution in [1.29, 1.82) is 0 Å². The molecule has 1 unspecified atom stereocenters. The van der Waals surface area contributed by atoms with Gasteiger partial charge in [-0.25, -0.2) is 0 Å². The highest BCUT2D eigenvalue weighted by atomic mass is 32.2. The molecule has 1 heteroatoms. The molecule has 2 aliphatic rings. The van der Waals surface area contributed by atoms with Crippen molar-refractivity contribution < 1.29 is 0 Å². The Morgan fingerprint density at radius 3 is 2.90 bits per heavy atom. The molecule has 0 spiro atoms. The van der Waals surface area contributed by atoms with Gasteiger partial charge in [0.05, 0.1) is 0 Å². The van der Waals surface area contributed by atoms with Crippen LogP contribution in [0.5, 0.6) is 0 Å². The summed E-state index contributed by atoms with van der Waals surface area (Å²) in [6.07, 6.45) is 6.85. The first kappa shape index (κ1) is 6.29. The molecule has 0 saturated heterocycles. The predicted molar refractivity (Wildman–Crippen MR) is 47.0 cm³/mol. The average Bonchev–Trinajstić information content (AvgIpc) is 2.21. The summed E-state index contributed by atoms with van der Waals surface area (Å²) in [5.41, 5.74) is 2.83. The summed E-state index contributed by atoms with van der Waals surface area (Å²) in [5.74, 6) is 0. The van der Waals surface area contributed by atoms with Crippen molar-refractivity contribution in [2.45, 2.75) is 19.1 Å². The third kappa shape index (κ3) is 0.853. The van der Waals surface area contributed by atoms with Crippen LogP contribution in [0.4, 0.5) is 0 Å². The van der Waals surface area contributed by atoms with Crippen LogP contribution < -0.4 is 0 Å². The third-order valence-electron chi connectivity index (χ3n) is 1.75. The molecule has 1 aliphatic carbocycles. The zero-order chi connectivity index (χ0) is 7.14. The van der Waals surface area contributed by atoms with Gasteiger partial charge >= 0.3 is 0 Å². The Labute approximate surface area is 65.7 Å². The van der Waals surface area contributed by atoms with Crippen LogP contribution in [0.15, 0.2) is 34.3 Å². The molecule has 0 aromatic rings. The number of thioether (sulfide) groups is 1. The topological polar surface area (TPSA) is 0 Å². The Bertz CT molecular complexity index is 256. The van der Waals surface area contributed by atoms with Crippen LogP contribution in [0.2, 0.25) is 0 Å². The highest BCUT2D eigenvalue weighted by molar-refractivity contribution is 8.04. The van der Waals surface area contributed by atoms with Crippen molar-refractivity contribution in [1.82, 2.24) is 0 Å². The molecule has 1 heterocycles. The summed E-state index contributed by atoms with van der Waals surface area (Å²) in [5, 5.41) is 0.686. The van der Waals surface area contributed by atoms with Gasteiger partial charge in [-0.05, 0) is 31.1 Å². The lowest BCUT2D eigenvalue weighted by Gasteiger charge is -1.94. The molecule has 1 aliphatic heterocycles. The van der Waals surface area contributed by atoms with E-state index in [1.807, 2.05) is 11.8 Å². The molecule has 0 amide bonds. The molecule has 0 aromatic heterocycles. The van der Waals surface area contributed by atoms with Crippen molar-refractivity contribution >= 4 is 11.8 Å². The fourth-order valence-electron chi connectivity index (χ4n) is 1.37. The largest absolute Gasteiger partial charge is 0.118 e. The minimum Gasteiger partial charge on any atom is -0.118 e. The van der Waals surface area contributed by atoms with E-state index in [0.29, 0.717) is 5.25 Å². The van der Waals surface area contributed by atoms with Gasteiger partial charge in [-0.15, -0.1) is 11.8 Å². The van der Waals surface area contributed by atoms with Crippen LogP contribution in [-0.4, -0.2) is 5.25 Å². The van der Waals surface area contributed by atoms with E-state index in [4.69, 9.17) is 0 Å². The smallest absolute Gasteiger partial charge is 0.0255 e. The molecule has 0 fully saturated rings. The summed E-state index contributed by atoms with van der Waals surface area (Å²) in [6, 6.07) is 0. The summed E-state index contributed by atoms with van der Waals surface area (Å²) < 4.78 is 0. The number of fused-ring (bicyclic) bond motifs is 1. The van der Waals surface area contributed by atoms with Crippen molar-refractivity contribution in [3.8, 4) is 0 Å². The monoisotopic (exact) mass is 150 g/mol. The Kier molecular flexibility index (Phi) is 1.27. The first-order chi connectivity index (χ1) is 4.75. The van der Waals surface area contributed by atoms with Crippen molar-refractivity contribution in [3.05, 3.63) is 34.3 Å². The maximum absolute atomic E-state index is 2.33. The molecule has 10 heavy (non-hydrogen) atoms. The van der Waals surface area contributed by atoms with Crippen LogP contribution in [0.3, 0.4) is 0 Å². The van der Waals surface area contributed by atoms with E-state index < -0.39 is 0 Å². The summed E-state index contributed by atoms with van der Waals surface area (Å²) in [7, 11) is 0. The number of hydrogen-bond donors (Lipinski definition) is 0. The lowest BCUT2D eigenvalue weighted by atomic mass is 10.2. The van der Waals surface area contributed by atoms with Gasteiger partial charge in [0, 0.05) is 10.2 Å². The molecule has 0 saturated carbocycles. The maximum atomic E-state index is 2.33. The maximum Gasteiger partial charge on any atom is 0.0255 e. The quantitative estimate of drug-likeness (QED) is 0.511. The summed E-state index contributed by atoms with van der Waals surface area (Å²) in [4.78, 5) is 1.46. The molecule has 0 nitrogen and oxygen atoms in total. The van der Waals surface area contributed by atoms with Crippen molar-refractivity contribution in [2.24, 2.45) is 0 Å². The van der Waals surface area contributed by atoms with Gasteiger partial charge in [0.15, 0.2) is 0 Å². The second-order valence-electron chi connectivity index (χ2n) is 2.84. The molecule has 2 rings (SSSR count). The van der Waals surface area contributed by atoms with Gasteiger partial charge in [-0.1, -0.05) is 12.2 Å². The number of rotatable bonds is 0. The number of hydrogen-bond acceptors (Lipinski definition) is 1. The van der Waals surface area contributed by atoms with Crippen LogP contribution in [-0.2, 0) is 0 Å². The normalized spacial score (nSPS) is 29.4. The minimum absolute atomic E-state index is 0.686. The fourth-order valence-corrected chi connectivity index (χ4v) is 2.50. The lowest BCUT2D eigenvalue weighted by Crippen LogP contribution is -1.80. The Balaban J connectivity index is 2.39. The van der Waals surface area contributed by atoms with Gasteiger partial charge in [-0.2, -0.15) is 0 Å². The van der Waals surface area contributed by atoms with Gasteiger partial charge in [0.25, 0.3) is 0 Å². The zero-order valence-electron chi connectivity index (χ0n) is 6.22. The lowest BCUT2D eigenvalue weighted by molar-refractivity contribution is 1.26. The molecule has 0 N–H and O–H groups in total. The molecule has 0 bridgehead atoms. The number of allylic oxidation sites excluding steroid dienone is 4. The van der Waals surface area contributed by atoms with E-state index in [2.05, 4.69) is 32.1 Å². The van der Waals surface area contributed by atoms with E-state index in [9.17, 15) is 0 Å². The van der Waals surface area contributed by atoms with E-state index in [1.54, 1.807) is 0 Å². The molecular weight excluding hydrogens is 140 g/mol. The predicted octanol–water partition coefficient (Wildman–Crippen LogP) is 2.89. The van der Waals surface area contributed by atoms with E-state index >= 15 is 0 Å². The highest BCUT2D eigenvalue weighted by Crippen LogP contribution is 2.41. The molecule has 52 valence electrons. The van der Waals surface area contributed by atoms with Crippen LogP contribution in [0.1, 0.15) is 13.8 Å².